The Kier molecular flexibility index (Phi) is 5.22. The summed E-state index contributed by atoms with van der Waals surface area (Å²) in [5.41, 5.74) is 0. The van der Waals surface area contributed by atoms with Crippen LogP contribution in [0.4, 0.5) is 0 Å². The van der Waals surface area contributed by atoms with Crippen LogP contribution >= 0.6 is 0 Å². The molecule has 0 spiro atoms. The molecule has 0 amide bonds. The summed E-state index contributed by atoms with van der Waals surface area (Å²) < 4.78 is 11.2. The van der Waals surface area contributed by atoms with Gasteiger partial charge in [0, 0.05) is 38.2 Å². The minimum absolute atomic E-state index is 0.380. The molecule has 2 saturated heterocycles. The van der Waals surface area contributed by atoms with Crippen molar-refractivity contribution in [3.63, 3.8) is 0 Å². The molecule has 2 aliphatic rings. The van der Waals surface area contributed by atoms with E-state index in [4.69, 9.17) is 9.47 Å². The normalized spacial score (nSPS) is 36.0. The highest BCUT2D eigenvalue weighted by molar-refractivity contribution is 4.83. The maximum atomic E-state index is 5.63. The second-order valence-corrected chi connectivity index (χ2v) is 5.23. The first-order chi connectivity index (χ1) is 8.29. The molecule has 3 unspecified atom stereocenters. The zero-order valence-corrected chi connectivity index (χ0v) is 11.2. The fourth-order valence-electron chi connectivity index (χ4n) is 2.90. The van der Waals surface area contributed by atoms with Crippen LogP contribution in [0.15, 0.2) is 0 Å². The molecule has 0 bridgehead atoms. The summed E-state index contributed by atoms with van der Waals surface area (Å²) in [6.45, 7) is 11.4. The fraction of sp³-hybridized carbons (Fsp3) is 1.00. The van der Waals surface area contributed by atoms with E-state index in [-0.39, 0.29) is 0 Å². The number of nitrogens with one attached hydrogen (secondary N) is 1. The molecule has 1 N–H and O–H groups in total. The molecule has 0 aromatic rings. The van der Waals surface area contributed by atoms with E-state index in [0.717, 1.165) is 52.4 Å². The standard InChI is InChI=1S/C13H26N2O2/c1-3-14-13-4-6-16-10-12(13)9-15-5-7-17-11(2)8-15/h11-14H,3-10H2,1-2H3. The SMILES string of the molecule is CCNC1CCOCC1CN1CCOC(C)C1. The molecule has 17 heavy (non-hydrogen) atoms. The number of nitrogens with zero attached hydrogens (tertiary/aromatic N) is 1. The second kappa shape index (κ2) is 6.69. The third-order valence-corrected chi connectivity index (χ3v) is 3.76. The third-order valence-electron chi connectivity index (χ3n) is 3.76. The highest BCUT2D eigenvalue weighted by Gasteiger charge is 2.28. The smallest absolute Gasteiger partial charge is 0.0674 e. The van der Waals surface area contributed by atoms with Crippen LogP contribution in [0.2, 0.25) is 0 Å². The maximum Gasteiger partial charge on any atom is 0.0674 e. The Bertz CT molecular complexity index is 223. The van der Waals surface area contributed by atoms with Gasteiger partial charge < -0.3 is 14.8 Å². The molecule has 2 rings (SSSR count). The first-order valence-corrected chi connectivity index (χ1v) is 6.94. The van der Waals surface area contributed by atoms with Gasteiger partial charge in [0.05, 0.1) is 19.3 Å². The number of ether oxygens (including phenoxy) is 2. The van der Waals surface area contributed by atoms with E-state index in [9.17, 15) is 0 Å². The van der Waals surface area contributed by atoms with Crippen LogP contribution in [0.25, 0.3) is 0 Å². The van der Waals surface area contributed by atoms with Crippen molar-refractivity contribution in [2.75, 3.05) is 46.0 Å². The molecular formula is C13H26N2O2. The van der Waals surface area contributed by atoms with E-state index >= 15 is 0 Å². The summed E-state index contributed by atoms with van der Waals surface area (Å²) in [5, 5.41) is 3.60. The van der Waals surface area contributed by atoms with Crippen molar-refractivity contribution in [3.8, 4) is 0 Å². The number of hydrogen-bond donors (Lipinski definition) is 1. The number of rotatable bonds is 4. The van der Waals surface area contributed by atoms with E-state index in [1.54, 1.807) is 0 Å². The lowest BCUT2D eigenvalue weighted by atomic mass is 9.94. The lowest BCUT2D eigenvalue weighted by molar-refractivity contribution is -0.0405. The summed E-state index contributed by atoms with van der Waals surface area (Å²) in [6.07, 6.45) is 1.53. The van der Waals surface area contributed by atoms with E-state index in [0.29, 0.717) is 18.1 Å². The number of hydrogen-bond acceptors (Lipinski definition) is 4. The molecular weight excluding hydrogens is 216 g/mol. The Morgan fingerprint density at radius 3 is 3.00 bits per heavy atom. The molecule has 2 heterocycles. The molecule has 2 aliphatic heterocycles. The van der Waals surface area contributed by atoms with Gasteiger partial charge >= 0.3 is 0 Å². The van der Waals surface area contributed by atoms with Gasteiger partial charge in [0.25, 0.3) is 0 Å². The topological polar surface area (TPSA) is 33.7 Å². The van der Waals surface area contributed by atoms with Crippen LogP contribution in [-0.2, 0) is 9.47 Å². The van der Waals surface area contributed by atoms with Crippen LogP contribution in [-0.4, -0.2) is 63.0 Å². The van der Waals surface area contributed by atoms with Crippen molar-refractivity contribution in [1.82, 2.24) is 10.2 Å². The van der Waals surface area contributed by atoms with E-state index in [1.165, 1.54) is 0 Å². The van der Waals surface area contributed by atoms with E-state index < -0.39 is 0 Å². The molecule has 0 aromatic carbocycles. The van der Waals surface area contributed by atoms with Crippen LogP contribution in [0.5, 0.6) is 0 Å². The molecule has 3 atom stereocenters. The highest BCUT2D eigenvalue weighted by atomic mass is 16.5. The Morgan fingerprint density at radius 2 is 2.24 bits per heavy atom. The van der Waals surface area contributed by atoms with Gasteiger partial charge in [-0.2, -0.15) is 0 Å². The molecule has 2 fully saturated rings. The van der Waals surface area contributed by atoms with Crippen molar-refractivity contribution in [2.45, 2.75) is 32.4 Å². The second-order valence-electron chi connectivity index (χ2n) is 5.23. The molecule has 100 valence electrons. The largest absolute Gasteiger partial charge is 0.381 e. The monoisotopic (exact) mass is 242 g/mol. The van der Waals surface area contributed by atoms with Gasteiger partial charge in [-0.1, -0.05) is 6.92 Å². The molecule has 0 aromatic heterocycles. The zero-order valence-electron chi connectivity index (χ0n) is 11.2. The van der Waals surface area contributed by atoms with Gasteiger partial charge in [0.2, 0.25) is 0 Å². The summed E-state index contributed by atoms with van der Waals surface area (Å²) in [7, 11) is 0. The Balaban J connectivity index is 1.82. The van der Waals surface area contributed by atoms with Gasteiger partial charge in [0.1, 0.15) is 0 Å². The van der Waals surface area contributed by atoms with Gasteiger partial charge in [-0.15, -0.1) is 0 Å². The van der Waals surface area contributed by atoms with Gasteiger partial charge in [-0.3, -0.25) is 4.90 Å². The van der Waals surface area contributed by atoms with E-state index in [2.05, 4.69) is 24.1 Å². The van der Waals surface area contributed by atoms with Crippen molar-refractivity contribution in [1.29, 1.82) is 0 Å². The van der Waals surface area contributed by atoms with Crippen molar-refractivity contribution in [3.05, 3.63) is 0 Å². The Morgan fingerprint density at radius 1 is 1.35 bits per heavy atom. The molecule has 0 aliphatic carbocycles. The Hall–Kier alpha value is -0.160. The third kappa shape index (κ3) is 3.91. The number of morpholine rings is 1. The van der Waals surface area contributed by atoms with Gasteiger partial charge in [-0.25, -0.2) is 0 Å². The maximum absolute atomic E-state index is 5.63. The van der Waals surface area contributed by atoms with Crippen LogP contribution < -0.4 is 5.32 Å². The fourth-order valence-corrected chi connectivity index (χ4v) is 2.90. The molecule has 4 heteroatoms. The van der Waals surface area contributed by atoms with Crippen molar-refractivity contribution in [2.24, 2.45) is 5.92 Å². The minimum Gasteiger partial charge on any atom is -0.381 e. The molecule has 0 saturated carbocycles. The van der Waals surface area contributed by atoms with Crippen LogP contribution in [0.3, 0.4) is 0 Å². The molecule has 4 nitrogen and oxygen atoms in total. The lowest BCUT2D eigenvalue weighted by Crippen LogP contribution is -2.50. The first-order valence-electron chi connectivity index (χ1n) is 6.94. The average Bonchev–Trinajstić information content (AvgIpc) is 2.32. The highest BCUT2D eigenvalue weighted by Crippen LogP contribution is 2.17. The first kappa shape index (κ1) is 13.3. The van der Waals surface area contributed by atoms with Gasteiger partial charge in [0.15, 0.2) is 0 Å². The lowest BCUT2D eigenvalue weighted by Gasteiger charge is -2.38. The summed E-state index contributed by atoms with van der Waals surface area (Å²) in [5.74, 6) is 0.633. The molecule has 0 radical (unpaired) electrons. The summed E-state index contributed by atoms with van der Waals surface area (Å²) in [6, 6.07) is 0.631. The van der Waals surface area contributed by atoms with Crippen molar-refractivity contribution >= 4 is 0 Å². The minimum atomic E-state index is 0.380. The predicted octanol–water partition coefficient (Wildman–Crippen LogP) is 0.722. The summed E-state index contributed by atoms with van der Waals surface area (Å²) in [4.78, 5) is 2.53. The Labute approximate surface area is 105 Å². The zero-order chi connectivity index (χ0) is 12.1. The predicted molar refractivity (Wildman–Crippen MR) is 68.2 cm³/mol. The van der Waals surface area contributed by atoms with Crippen molar-refractivity contribution < 1.29 is 9.47 Å². The van der Waals surface area contributed by atoms with Crippen LogP contribution in [0, 0.1) is 5.92 Å². The quantitative estimate of drug-likeness (QED) is 0.788. The summed E-state index contributed by atoms with van der Waals surface area (Å²) >= 11 is 0. The average molecular weight is 242 g/mol. The van der Waals surface area contributed by atoms with Crippen LogP contribution in [0.1, 0.15) is 20.3 Å². The van der Waals surface area contributed by atoms with E-state index in [1.807, 2.05) is 0 Å². The van der Waals surface area contributed by atoms with Gasteiger partial charge in [-0.05, 0) is 19.9 Å².